The first-order valence-electron chi connectivity index (χ1n) is 12.4. The molecule has 2 heterocycles. The number of rotatable bonds is 10. The average molecular weight is 526 g/mol. The highest BCUT2D eigenvalue weighted by molar-refractivity contribution is 6.30. The number of amides is 1. The van der Waals surface area contributed by atoms with Crippen LogP contribution in [0.2, 0.25) is 5.02 Å². The molecule has 0 bridgehead atoms. The third-order valence-corrected chi connectivity index (χ3v) is 6.82. The summed E-state index contributed by atoms with van der Waals surface area (Å²) in [5.74, 6) is -0.109. The van der Waals surface area contributed by atoms with Crippen LogP contribution in [0.5, 0.6) is 0 Å². The number of nitrogens with one attached hydrogen (secondary N) is 3. The number of carbonyl (C=O) groups excluding carboxylic acids is 2. The van der Waals surface area contributed by atoms with E-state index in [9.17, 15) is 9.59 Å². The number of likely N-dealkylation sites (N-methyl/N-ethyl adjacent to an activating group) is 1. The lowest BCUT2D eigenvalue weighted by molar-refractivity contribution is -0.121. The summed E-state index contributed by atoms with van der Waals surface area (Å²) in [6, 6.07) is 23.0. The van der Waals surface area contributed by atoms with Crippen LogP contribution in [0.15, 0.2) is 91.4 Å². The van der Waals surface area contributed by atoms with Gasteiger partial charge in [-0.15, -0.1) is 0 Å². The molecule has 0 unspecified atom stereocenters. The van der Waals surface area contributed by atoms with E-state index in [0.717, 1.165) is 39.6 Å². The minimum atomic E-state index is -0.481. The number of ketones is 1. The molecule has 2 aromatic heterocycles. The number of hydrogen-bond acceptors (Lipinski definition) is 4. The molecule has 8 heteroatoms. The van der Waals surface area contributed by atoms with Gasteiger partial charge in [-0.25, -0.2) is 0 Å². The lowest BCUT2D eigenvalue weighted by atomic mass is 9.96. The number of Topliss-reactive ketones (excluding diaryl/α,β-unsaturated/α-hetero) is 1. The fourth-order valence-electron chi connectivity index (χ4n) is 4.51. The van der Waals surface area contributed by atoms with Gasteiger partial charge in [0.15, 0.2) is 5.78 Å². The summed E-state index contributed by atoms with van der Waals surface area (Å²) in [6.45, 7) is 0.797. The molecule has 0 fully saturated rings. The number of halogens is 1. The van der Waals surface area contributed by atoms with Gasteiger partial charge in [0.25, 0.3) is 0 Å². The van der Waals surface area contributed by atoms with Crippen LogP contribution in [-0.4, -0.2) is 40.0 Å². The molecule has 0 saturated heterocycles. The van der Waals surface area contributed by atoms with Crippen molar-refractivity contribution in [2.24, 2.45) is 0 Å². The number of hydrogen-bond donors (Lipinski definition) is 3. The van der Waals surface area contributed by atoms with Crippen molar-refractivity contribution in [3.05, 3.63) is 113 Å². The molecule has 38 heavy (non-hydrogen) atoms. The summed E-state index contributed by atoms with van der Waals surface area (Å²) in [5, 5.41) is 11.9. The number of H-pyrrole nitrogens is 1. The SMILES string of the molecule is CNC(=O)Cn1cc(-c2ccc3c(C(=O)[C@H](NCCc4ccc(Cl)cc4)c4ccccc4)c[nH]c3c2)cn1. The zero-order valence-electron chi connectivity index (χ0n) is 20.9. The van der Waals surface area contributed by atoms with E-state index in [1.807, 2.05) is 79.0 Å². The van der Waals surface area contributed by atoms with E-state index in [0.29, 0.717) is 17.1 Å². The fourth-order valence-corrected chi connectivity index (χ4v) is 4.64. The Balaban J connectivity index is 1.37. The van der Waals surface area contributed by atoms with E-state index in [1.54, 1.807) is 24.1 Å². The highest BCUT2D eigenvalue weighted by atomic mass is 35.5. The predicted molar refractivity (Wildman–Crippen MR) is 150 cm³/mol. The van der Waals surface area contributed by atoms with Gasteiger partial charge >= 0.3 is 0 Å². The standard InChI is InChI=1S/C30H28ClN5O2/c1-32-28(37)19-36-18-23(16-35-36)22-9-12-25-26(17-34-27(25)15-22)30(38)29(21-5-3-2-4-6-21)33-14-13-20-7-10-24(31)11-8-20/h2-12,15-18,29,33-34H,13-14,19H2,1H3,(H,32,37)/t29-/m1/s1. The maximum atomic E-state index is 13.8. The van der Waals surface area contributed by atoms with Crippen molar-refractivity contribution in [2.45, 2.75) is 19.0 Å². The van der Waals surface area contributed by atoms with Crippen LogP contribution in [0.3, 0.4) is 0 Å². The maximum Gasteiger partial charge on any atom is 0.241 e. The smallest absolute Gasteiger partial charge is 0.241 e. The summed E-state index contributed by atoms with van der Waals surface area (Å²) in [5.41, 5.74) is 5.40. The molecular formula is C30H28ClN5O2. The number of carbonyl (C=O) groups is 2. The predicted octanol–water partition coefficient (Wildman–Crippen LogP) is 5.19. The summed E-state index contributed by atoms with van der Waals surface area (Å²) >= 11 is 6.01. The summed E-state index contributed by atoms with van der Waals surface area (Å²) in [6.07, 6.45) is 6.12. The van der Waals surface area contributed by atoms with E-state index >= 15 is 0 Å². The number of aromatic amines is 1. The molecule has 0 spiro atoms. The Morgan fingerprint density at radius 1 is 1.03 bits per heavy atom. The van der Waals surface area contributed by atoms with Crippen molar-refractivity contribution in [3.8, 4) is 11.1 Å². The van der Waals surface area contributed by atoms with Gasteiger partial charge in [0.05, 0.1) is 12.2 Å². The van der Waals surface area contributed by atoms with Gasteiger partial charge in [0.1, 0.15) is 6.54 Å². The molecule has 5 aromatic rings. The van der Waals surface area contributed by atoms with Gasteiger partial charge in [0, 0.05) is 53.0 Å². The maximum absolute atomic E-state index is 13.8. The molecule has 3 N–H and O–H groups in total. The quantitative estimate of drug-likeness (QED) is 0.219. The number of benzene rings is 3. The van der Waals surface area contributed by atoms with Gasteiger partial charge in [-0.1, -0.05) is 66.2 Å². The first-order valence-corrected chi connectivity index (χ1v) is 12.8. The molecule has 0 aliphatic rings. The summed E-state index contributed by atoms with van der Waals surface area (Å²) in [7, 11) is 1.60. The molecule has 0 aliphatic carbocycles. The van der Waals surface area contributed by atoms with Crippen LogP contribution < -0.4 is 10.6 Å². The molecule has 0 aliphatic heterocycles. The Hall–Kier alpha value is -4.20. The Labute approximate surface area is 225 Å². The van der Waals surface area contributed by atoms with Crippen LogP contribution in [0.25, 0.3) is 22.0 Å². The third-order valence-electron chi connectivity index (χ3n) is 6.57. The van der Waals surface area contributed by atoms with Crippen molar-refractivity contribution in [2.75, 3.05) is 13.6 Å². The summed E-state index contributed by atoms with van der Waals surface area (Å²) in [4.78, 5) is 28.8. The zero-order chi connectivity index (χ0) is 26.5. The molecule has 3 aromatic carbocycles. The van der Waals surface area contributed by atoms with Crippen LogP contribution in [0, 0.1) is 0 Å². The number of nitrogens with zero attached hydrogens (tertiary/aromatic N) is 2. The summed E-state index contributed by atoms with van der Waals surface area (Å²) < 4.78 is 1.60. The molecule has 1 amide bonds. The van der Waals surface area contributed by atoms with Crippen molar-refractivity contribution in [3.63, 3.8) is 0 Å². The van der Waals surface area contributed by atoms with Crippen LogP contribution in [0.4, 0.5) is 0 Å². The van der Waals surface area contributed by atoms with Crippen LogP contribution in [-0.2, 0) is 17.8 Å². The Bertz CT molecular complexity index is 1560. The minimum absolute atomic E-state index is 0.00436. The van der Waals surface area contributed by atoms with E-state index < -0.39 is 6.04 Å². The number of fused-ring (bicyclic) bond motifs is 1. The van der Waals surface area contributed by atoms with E-state index in [1.165, 1.54) is 0 Å². The van der Waals surface area contributed by atoms with Gasteiger partial charge in [-0.3, -0.25) is 14.3 Å². The van der Waals surface area contributed by atoms with Gasteiger partial charge in [-0.2, -0.15) is 5.10 Å². The van der Waals surface area contributed by atoms with E-state index in [-0.39, 0.29) is 18.2 Å². The Kier molecular flexibility index (Phi) is 7.67. The van der Waals surface area contributed by atoms with Crippen molar-refractivity contribution in [1.29, 1.82) is 0 Å². The average Bonchev–Trinajstić information content (AvgIpc) is 3.59. The molecule has 192 valence electrons. The van der Waals surface area contributed by atoms with Crippen molar-refractivity contribution < 1.29 is 9.59 Å². The molecular weight excluding hydrogens is 498 g/mol. The topological polar surface area (TPSA) is 91.8 Å². The number of aromatic nitrogens is 3. The molecule has 7 nitrogen and oxygen atoms in total. The normalized spacial score (nSPS) is 11.9. The lowest BCUT2D eigenvalue weighted by Crippen LogP contribution is -2.30. The Morgan fingerprint density at radius 3 is 2.58 bits per heavy atom. The first kappa shape index (κ1) is 25.4. The molecule has 0 saturated carbocycles. The molecule has 5 rings (SSSR count). The zero-order valence-corrected chi connectivity index (χ0v) is 21.7. The molecule has 1 atom stereocenters. The van der Waals surface area contributed by atoms with E-state index in [2.05, 4.69) is 20.7 Å². The monoisotopic (exact) mass is 525 g/mol. The van der Waals surface area contributed by atoms with Crippen molar-refractivity contribution >= 4 is 34.2 Å². The van der Waals surface area contributed by atoms with Crippen LogP contribution in [0.1, 0.15) is 27.5 Å². The highest BCUT2D eigenvalue weighted by Crippen LogP contribution is 2.29. The molecule has 0 radical (unpaired) electrons. The second kappa shape index (κ2) is 11.5. The van der Waals surface area contributed by atoms with Gasteiger partial charge < -0.3 is 15.6 Å². The lowest BCUT2D eigenvalue weighted by Gasteiger charge is -2.18. The third kappa shape index (κ3) is 5.69. The van der Waals surface area contributed by atoms with Gasteiger partial charge in [0.2, 0.25) is 5.91 Å². The van der Waals surface area contributed by atoms with Gasteiger partial charge in [-0.05, 0) is 41.3 Å². The first-order chi connectivity index (χ1) is 18.5. The van der Waals surface area contributed by atoms with Crippen molar-refractivity contribution in [1.82, 2.24) is 25.4 Å². The minimum Gasteiger partial charge on any atom is -0.360 e. The highest BCUT2D eigenvalue weighted by Gasteiger charge is 2.24. The fraction of sp³-hybridized carbons (Fsp3) is 0.167. The Morgan fingerprint density at radius 2 is 1.82 bits per heavy atom. The second-order valence-electron chi connectivity index (χ2n) is 9.10. The second-order valence-corrected chi connectivity index (χ2v) is 9.54. The van der Waals surface area contributed by atoms with E-state index in [4.69, 9.17) is 11.6 Å². The largest absolute Gasteiger partial charge is 0.360 e. The van der Waals surface area contributed by atoms with Crippen LogP contribution >= 0.6 is 11.6 Å².